The maximum atomic E-state index is 13.8. The molecule has 10 heteroatoms. The third-order valence-corrected chi connectivity index (χ3v) is 4.89. The molecule has 0 bridgehead atoms. The van der Waals surface area contributed by atoms with Crippen LogP contribution in [0.5, 0.6) is 0 Å². The molecule has 0 spiro atoms. The minimum atomic E-state index is -4.80. The Morgan fingerprint density at radius 2 is 1.73 bits per heavy atom. The van der Waals surface area contributed by atoms with Gasteiger partial charge >= 0.3 is 6.18 Å². The summed E-state index contributed by atoms with van der Waals surface area (Å²) in [4.78, 5) is 38.0. The van der Waals surface area contributed by atoms with Crippen LogP contribution in [0, 0.1) is 5.82 Å². The smallest absolute Gasteiger partial charge is 0.352 e. The lowest BCUT2D eigenvalue weighted by Crippen LogP contribution is -2.47. The van der Waals surface area contributed by atoms with Gasteiger partial charge in [-0.25, -0.2) is 4.39 Å². The number of amides is 2. The van der Waals surface area contributed by atoms with E-state index in [4.69, 9.17) is 0 Å². The van der Waals surface area contributed by atoms with Gasteiger partial charge in [-0.05, 0) is 37.1 Å². The highest BCUT2D eigenvalue weighted by atomic mass is 19.4. The Hall–Kier alpha value is -3.17. The number of carbonyl (C=O) groups excluding carboxylic acids is 2. The first-order chi connectivity index (χ1) is 14.2. The lowest BCUT2D eigenvalue weighted by molar-refractivity contribution is -0.139. The number of piperidine rings is 1. The first kappa shape index (κ1) is 21.5. The lowest BCUT2D eigenvalue weighted by atomic mass is 10.0. The fourth-order valence-electron chi connectivity index (χ4n) is 3.34. The number of nitrogens with zero attached hydrogens (tertiary/aromatic N) is 2. The topological polar surface area (TPSA) is 71.4 Å². The van der Waals surface area contributed by atoms with Crippen LogP contribution in [0.25, 0.3) is 0 Å². The van der Waals surface area contributed by atoms with E-state index in [9.17, 15) is 31.9 Å². The Kier molecular flexibility index (Phi) is 6.23. The summed E-state index contributed by atoms with van der Waals surface area (Å²) >= 11 is 0. The van der Waals surface area contributed by atoms with Crippen molar-refractivity contribution in [3.63, 3.8) is 0 Å². The van der Waals surface area contributed by atoms with Crippen LogP contribution in [0.3, 0.4) is 0 Å². The fraction of sp³-hybridized carbons (Fsp3) is 0.350. The summed E-state index contributed by atoms with van der Waals surface area (Å²) in [5.74, 6) is -1.65. The van der Waals surface area contributed by atoms with Crippen molar-refractivity contribution in [2.24, 2.45) is 0 Å². The van der Waals surface area contributed by atoms with Crippen LogP contribution in [-0.4, -0.2) is 40.4 Å². The van der Waals surface area contributed by atoms with Gasteiger partial charge in [-0.2, -0.15) is 13.2 Å². The van der Waals surface area contributed by atoms with Crippen molar-refractivity contribution >= 4 is 11.8 Å². The molecule has 0 radical (unpaired) electrons. The Balaban J connectivity index is 1.56. The number of carbonyl (C=O) groups is 2. The summed E-state index contributed by atoms with van der Waals surface area (Å²) in [7, 11) is 0. The number of halogens is 4. The van der Waals surface area contributed by atoms with E-state index in [0.29, 0.717) is 36.6 Å². The minimum absolute atomic E-state index is 0.0242. The van der Waals surface area contributed by atoms with Gasteiger partial charge < -0.3 is 14.8 Å². The highest BCUT2D eigenvalue weighted by Crippen LogP contribution is 2.26. The van der Waals surface area contributed by atoms with Gasteiger partial charge in [0.15, 0.2) is 0 Å². The zero-order valence-electron chi connectivity index (χ0n) is 15.8. The first-order valence-corrected chi connectivity index (χ1v) is 9.26. The summed E-state index contributed by atoms with van der Waals surface area (Å²) in [5.41, 5.74) is -2.65. The van der Waals surface area contributed by atoms with Crippen LogP contribution in [0.1, 0.15) is 28.8 Å². The van der Waals surface area contributed by atoms with Gasteiger partial charge in [0, 0.05) is 25.3 Å². The summed E-state index contributed by atoms with van der Waals surface area (Å²) in [6.07, 6.45) is -2.87. The van der Waals surface area contributed by atoms with Crippen molar-refractivity contribution in [3.8, 4) is 0 Å². The molecule has 1 aromatic heterocycles. The van der Waals surface area contributed by atoms with Gasteiger partial charge in [0.1, 0.15) is 17.9 Å². The Bertz CT molecular complexity index is 995. The molecule has 0 aliphatic carbocycles. The first-order valence-electron chi connectivity index (χ1n) is 9.26. The number of hydrogen-bond donors (Lipinski definition) is 1. The van der Waals surface area contributed by atoms with Crippen LogP contribution < -0.4 is 10.9 Å². The van der Waals surface area contributed by atoms with Gasteiger partial charge in [-0.3, -0.25) is 14.4 Å². The molecule has 0 atom stereocenters. The molecule has 1 fully saturated rings. The molecule has 1 N–H and O–H groups in total. The molecular weight excluding hydrogens is 406 g/mol. The third kappa shape index (κ3) is 4.87. The van der Waals surface area contributed by atoms with Crippen molar-refractivity contribution in [1.29, 1.82) is 0 Å². The minimum Gasteiger partial charge on any atom is -0.352 e. The van der Waals surface area contributed by atoms with Crippen molar-refractivity contribution < 1.29 is 27.2 Å². The fourth-order valence-corrected chi connectivity index (χ4v) is 3.34. The van der Waals surface area contributed by atoms with Gasteiger partial charge in [0.25, 0.3) is 11.5 Å². The van der Waals surface area contributed by atoms with Crippen LogP contribution in [-0.2, 0) is 17.5 Å². The lowest BCUT2D eigenvalue weighted by Gasteiger charge is -2.32. The van der Waals surface area contributed by atoms with Gasteiger partial charge in [-0.15, -0.1) is 0 Å². The molecule has 0 saturated carbocycles. The molecule has 2 aromatic rings. The van der Waals surface area contributed by atoms with Crippen LogP contribution in [0.15, 0.2) is 47.4 Å². The maximum absolute atomic E-state index is 13.8. The molecule has 1 aromatic carbocycles. The molecular formula is C20H19F4N3O3. The number of hydrogen-bond acceptors (Lipinski definition) is 3. The Morgan fingerprint density at radius 1 is 1.07 bits per heavy atom. The van der Waals surface area contributed by atoms with Crippen molar-refractivity contribution in [1.82, 2.24) is 14.8 Å². The van der Waals surface area contributed by atoms with Crippen molar-refractivity contribution in [3.05, 3.63) is 69.9 Å². The molecule has 160 valence electrons. The molecule has 2 amide bonds. The summed E-state index contributed by atoms with van der Waals surface area (Å²) in [5, 5.41) is 2.67. The number of pyridine rings is 1. The number of rotatable bonds is 4. The number of alkyl halides is 3. The standard InChI is InChI=1S/C20H19F4N3O3/c21-16-6-2-1-4-14(16)18(29)26-10-7-13(8-11-26)25-17(28)12-27-9-3-5-15(19(27)30)20(22,23)24/h1-6,9,13H,7-8,10-12H2,(H,25,28). The summed E-state index contributed by atoms with van der Waals surface area (Å²) < 4.78 is 52.9. The van der Waals surface area contributed by atoms with E-state index in [0.717, 1.165) is 12.3 Å². The molecule has 1 aliphatic rings. The van der Waals surface area contributed by atoms with Crippen LogP contribution in [0.2, 0.25) is 0 Å². The average molecular weight is 425 g/mol. The van der Waals surface area contributed by atoms with E-state index in [-0.39, 0.29) is 11.6 Å². The van der Waals surface area contributed by atoms with E-state index >= 15 is 0 Å². The Morgan fingerprint density at radius 3 is 2.37 bits per heavy atom. The second kappa shape index (κ2) is 8.68. The second-order valence-electron chi connectivity index (χ2n) is 6.97. The molecule has 1 aliphatic heterocycles. The highest BCUT2D eigenvalue weighted by molar-refractivity contribution is 5.94. The molecule has 2 heterocycles. The zero-order valence-corrected chi connectivity index (χ0v) is 15.8. The van der Waals surface area contributed by atoms with E-state index < -0.39 is 41.5 Å². The van der Waals surface area contributed by atoms with Gasteiger partial charge in [0.05, 0.1) is 5.56 Å². The number of benzene rings is 1. The normalized spacial score (nSPS) is 15.1. The summed E-state index contributed by atoms with van der Waals surface area (Å²) in [6.45, 7) is 0.0420. The largest absolute Gasteiger partial charge is 0.421 e. The monoisotopic (exact) mass is 425 g/mol. The number of nitrogens with one attached hydrogen (secondary N) is 1. The van der Waals surface area contributed by atoms with Crippen molar-refractivity contribution in [2.75, 3.05) is 13.1 Å². The van der Waals surface area contributed by atoms with Gasteiger partial charge in [0.2, 0.25) is 5.91 Å². The quantitative estimate of drug-likeness (QED) is 0.765. The second-order valence-corrected chi connectivity index (χ2v) is 6.97. The van der Waals surface area contributed by atoms with E-state index in [1.165, 1.54) is 23.1 Å². The number of likely N-dealkylation sites (tertiary alicyclic amines) is 1. The van der Waals surface area contributed by atoms with Gasteiger partial charge in [-0.1, -0.05) is 12.1 Å². The average Bonchev–Trinajstić information content (AvgIpc) is 2.69. The maximum Gasteiger partial charge on any atom is 0.421 e. The molecule has 1 saturated heterocycles. The number of aromatic nitrogens is 1. The molecule has 6 nitrogen and oxygen atoms in total. The predicted octanol–water partition coefficient (Wildman–Crippen LogP) is 2.43. The van der Waals surface area contributed by atoms with E-state index in [2.05, 4.69) is 5.32 Å². The Labute approximate surface area is 169 Å². The van der Waals surface area contributed by atoms with Crippen LogP contribution in [0.4, 0.5) is 17.6 Å². The van der Waals surface area contributed by atoms with E-state index in [1.54, 1.807) is 6.07 Å². The van der Waals surface area contributed by atoms with E-state index in [1.807, 2.05) is 0 Å². The van der Waals surface area contributed by atoms with Crippen LogP contribution >= 0.6 is 0 Å². The third-order valence-electron chi connectivity index (χ3n) is 4.89. The zero-order chi connectivity index (χ0) is 21.9. The van der Waals surface area contributed by atoms with Crippen molar-refractivity contribution in [2.45, 2.75) is 31.6 Å². The predicted molar refractivity (Wildman–Crippen MR) is 99.2 cm³/mol. The highest BCUT2D eigenvalue weighted by Gasteiger charge is 2.34. The summed E-state index contributed by atoms with van der Waals surface area (Å²) in [6, 6.07) is 7.09. The molecule has 0 unspecified atom stereocenters. The SMILES string of the molecule is O=C(Cn1cccc(C(F)(F)F)c1=O)NC1CCN(C(=O)c2ccccc2F)CC1. The molecule has 3 rings (SSSR count). The molecule has 30 heavy (non-hydrogen) atoms.